The Hall–Kier alpha value is -0.430. The van der Waals surface area contributed by atoms with Crippen molar-refractivity contribution in [1.82, 2.24) is 4.98 Å². The van der Waals surface area contributed by atoms with Crippen LogP contribution in [0.15, 0.2) is 18.4 Å². The molecule has 1 aromatic heterocycles. The quantitative estimate of drug-likeness (QED) is 0.514. The molecular weight excluding hydrogens is 97.5 g/mol. The van der Waals surface area contributed by atoms with Crippen LogP contribution >= 0.6 is 11.6 Å². The Balaban J connectivity index is 3.19. The highest BCUT2D eigenvalue weighted by atomic mass is 35.5. The summed E-state index contributed by atoms with van der Waals surface area (Å²) in [5.41, 5.74) is 0. The highest BCUT2D eigenvalue weighted by molar-refractivity contribution is 6.30. The standard InChI is InChI=1S/C4H4ClN/c5-4-1-2-6-3-4/h1-3,6H/i1D,2D. The second kappa shape index (κ2) is 1.35. The Bertz CT molecular complexity index is 176. The number of halogens is 1. The van der Waals surface area contributed by atoms with Crippen molar-refractivity contribution in [2.24, 2.45) is 0 Å². The molecule has 0 saturated carbocycles. The minimum Gasteiger partial charge on any atom is -0.366 e. The molecule has 32 valence electrons. The minimum absolute atomic E-state index is 0.0617. The zero-order valence-electron chi connectivity index (χ0n) is 4.96. The molecule has 0 radical (unpaired) electrons. The summed E-state index contributed by atoms with van der Waals surface area (Å²) in [6.45, 7) is 0. The molecule has 0 aliphatic heterocycles. The Morgan fingerprint density at radius 3 is 3.00 bits per heavy atom. The van der Waals surface area contributed by atoms with Gasteiger partial charge in [0, 0.05) is 12.4 Å². The smallest absolute Gasteiger partial charge is 0.0816 e. The number of aromatic amines is 1. The van der Waals surface area contributed by atoms with Gasteiger partial charge in [-0.3, -0.25) is 0 Å². The lowest BCUT2D eigenvalue weighted by molar-refractivity contribution is 1.41. The van der Waals surface area contributed by atoms with Gasteiger partial charge in [0.25, 0.3) is 0 Å². The maximum Gasteiger partial charge on any atom is 0.0816 e. The maximum absolute atomic E-state index is 6.97. The lowest BCUT2D eigenvalue weighted by Gasteiger charge is -1.62. The topological polar surface area (TPSA) is 15.8 Å². The number of aromatic nitrogens is 1. The summed E-state index contributed by atoms with van der Waals surface area (Å²) in [5.74, 6) is 0. The van der Waals surface area contributed by atoms with E-state index in [1.807, 2.05) is 0 Å². The van der Waals surface area contributed by atoms with Gasteiger partial charge >= 0.3 is 0 Å². The normalized spacial score (nSPS) is 13.5. The van der Waals surface area contributed by atoms with Crippen LogP contribution in [-0.4, -0.2) is 4.98 Å². The van der Waals surface area contributed by atoms with Crippen molar-refractivity contribution in [3.63, 3.8) is 0 Å². The summed E-state index contributed by atoms with van der Waals surface area (Å²) in [7, 11) is 0. The zero-order chi connectivity index (χ0) is 6.15. The van der Waals surface area contributed by atoms with Crippen LogP contribution in [0.4, 0.5) is 0 Å². The lowest BCUT2D eigenvalue weighted by Crippen LogP contribution is -1.41. The predicted molar refractivity (Wildman–Crippen MR) is 25.8 cm³/mol. The molecule has 0 bridgehead atoms. The Morgan fingerprint density at radius 1 is 2.00 bits per heavy atom. The van der Waals surface area contributed by atoms with Crippen molar-refractivity contribution in [1.29, 1.82) is 0 Å². The van der Waals surface area contributed by atoms with Crippen LogP contribution in [0.1, 0.15) is 2.74 Å². The van der Waals surface area contributed by atoms with E-state index in [4.69, 9.17) is 14.3 Å². The number of hydrogen-bond donors (Lipinski definition) is 1. The fourth-order valence-corrected chi connectivity index (χ4v) is 0.333. The molecule has 0 amide bonds. The zero-order valence-corrected chi connectivity index (χ0v) is 3.71. The summed E-state index contributed by atoms with van der Waals surface area (Å²) >= 11 is 5.39. The van der Waals surface area contributed by atoms with Gasteiger partial charge < -0.3 is 4.98 Å². The third-order valence-electron chi connectivity index (χ3n) is 0.453. The molecule has 6 heavy (non-hydrogen) atoms. The first-order valence-corrected chi connectivity index (χ1v) is 1.89. The second-order valence-corrected chi connectivity index (χ2v) is 1.29. The van der Waals surface area contributed by atoms with E-state index in [0.29, 0.717) is 5.02 Å². The van der Waals surface area contributed by atoms with E-state index < -0.39 is 0 Å². The molecule has 1 heterocycles. The average molecular weight is 104 g/mol. The van der Waals surface area contributed by atoms with Crippen LogP contribution in [0, 0.1) is 0 Å². The molecular formula is C4H4ClN. The maximum atomic E-state index is 6.97. The van der Waals surface area contributed by atoms with Gasteiger partial charge in [-0.2, -0.15) is 0 Å². The van der Waals surface area contributed by atoms with Gasteiger partial charge in [0.2, 0.25) is 0 Å². The van der Waals surface area contributed by atoms with E-state index in [9.17, 15) is 0 Å². The number of hydrogen-bond acceptors (Lipinski definition) is 0. The molecule has 1 nitrogen and oxygen atoms in total. The second-order valence-electron chi connectivity index (χ2n) is 0.887. The molecule has 0 unspecified atom stereocenters. The minimum atomic E-state index is 0.0617. The summed E-state index contributed by atoms with van der Waals surface area (Å²) in [6.07, 6.45) is 1.49. The van der Waals surface area contributed by atoms with Crippen LogP contribution in [0.5, 0.6) is 0 Å². The summed E-state index contributed by atoms with van der Waals surface area (Å²) in [6, 6.07) is 0.0617. The van der Waals surface area contributed by atoms with Crippen LogP contribution < -0.4 is 0 Å². The first kappa shape index (κ1) is 2.03. The molecule has 0 aliphatic carbocycles. The van der Waals surface area contributed by atoms with E-state index >= 15 is 0 Å². The highest BCUT2D eigenvalue weighted by Gasteiger charge is 1.76. The lowest BCUT2D eigenvalue weighted by atomic mass is 10.7. The monoisotopic (exact) mass is 103 g/mol. The van der Waals surface area contributed by atoms with Crippen LogP contribution in [0.25, 0.3) is 0 Å². The average Bonchev–Trinajstić information content (AvgIpc) is 1.98. The first-order valence-electron chi connectivity index (χ1n) is 2.52. The summed E-state index contributed by atoms with van der Waals surface area (Å²) in [4.78, 5) is 2.48. The van der Waals surface area contributed by atoms with Crippen molar-refractivity contribution in [3.05, 3.63) is 23.4 Å². The van der Waals surface area contributed by atoms with Crippen molar-refractivity contribution >= 4 is 11.6 Å². The van der Waals surface area contributed by atoms with Crippen molar-refractivity contribution < 1.29 is 2.74 Å². The third-order valence-corrected chi connectivity index (χ3v) is 0.657. The molecule has 0 spiro atoms. The largest absolute Gasteiger partial charge is 0.366 e. The van der Waals surface area contributed by atoms with E-state index in [1.54, 1.807) is 0 Å². The third kappa shape index (κ3) is 0.546. The SMILES string of the molecule is [2H]c1[nH]cc(Cl)c1[2H]. The molecule has 0 saturated heterocycles. The van der Waals surface area contributed by atoms with Gasteiger partial charge in [-0.1, -0.05) is 11.6 Å². The highest BCUT2D eigenvalue weighted by Crippen LogP contribution is 2.01. The summed E-state index contributed by atoms with van der Waals surface area (Å²) in [5, 5.41) is 0.301. The number of nitrogens with one attached hydrogen (secondary N) is 1. The van der Waals surface area contributed by atoms with Crippen LogP contribution in [0.3, 0.4) is 0 Å². The number of H-pyrrole nitrogens is 1. The molecule has 2 heteroatoms. The van der Waals surface area contributed by atoms with Crippen molar-refractivity contribution in [2.45, 2.75) is 0 Å². The van der Waals surface area contributed by atoms with Crippen LogP contribution in [-0.2, 0) is 0 Å². The molecule has 0 aliphatic rings. The molecule has 0 atom stereocenters. The van der Waals surface area contributed by atoms with Gasteiger partial charge in [-0.05, 0) is 6.04 Å². The molecule has 1 aromatic rings. The van der Waals surface area contributed by atoms with Gasteiger partial charge in [-0.25, -0.2) is 0 Å². The molecule has 1 N–H and O–H groups in total. The van der Waals surface area contributed by atoms with Gasteiger partial charge in [-0.15, -0.1) is 0 Å². The Morgan fingerprint density at radius 2 is 2.83 bits per heavy atom. The summed E-state index contributed by atoms with van der Waals surface area (Å²) < 4.78 is 13.9. The van der Waals surface area contributed by atoms with Crippen molar-refractivity contribution in [3.8, 4) is 0 Å². The molecule has 1 rings (SSSR count). The Kier molecular flexibility index (Phi) is 0.457. The van der Waals surface area contributed by atoms with Gasteiger partial charge in [0.15, 0.2) is 0 Å². The van der Waals surface area contributed by atoms with Crippen LogP contribution in [0.2, 0.25) is 5.02 Å². The van der Waals surface area contributed by atoms with E-state index in [1.165, 1.54) is 6.20 Å². The van der Waals surface area contributed by atoms with E-state index in [0.717, 1.165) is 0 Å². The van der Waals surface area contributed by atoms with E-state index in [-0.39, 0.29) is 12.2 Å². The molecule has 0 aromatic carbocycles. The molecule has 0 fully saturated rings. The fourth-order valence-electron chi connectivity index (χ4n) is 0.231. The van der Waals surface area contributed by atoms with Crippen molar-refractivity contribution in [2.75, 3.05) is 0 Å². The predicted octanol–water partition coefficient (Wildman–Crippen LogP) is 1.67. The van der Waals surface area contributed by atoms with Gasteiger partial charge in [0.1, 0.15) is 0 Å². The number of rotatable bonds is 0. The first-order chi connectivity index (χ1) is 3.72. The fraction of sp³-hybridized carbons (Fsp3) is 0. The Labute approximate surface area is 43.8 Å². The van der Waals surface area contributed by atoms with E-state index in [2.05, 4.69) is 4.98 Å². The van der Waals surface area contributed by atoms with Gasteiger partial charge in [0.05, 0.1) is 7.76 Å².